The van der Waals surface area contributed by atoms with E-state index in [2.05, 4.69) is 25.0 Å². The predicted octanol–water partition coefficient (Wildman–Crippen LogP) is 4.97. The third kappa shape index (κ3) is 6.60. The molecule has 4 rings (SSSR count). The molecule has 1 aliphatic rings. The van der Waals surface area contributed by atoms with Crippen molar-refractivity contribution in [2.45, 2.75) is 51.5 Å². The lowest BCUT2D eigenvalue weighted by molar-refractivity contribution is -0.137. The fraction of sp³-hybridized carbons (Fsp3) is 0.417. The Morgan fingerprint density at radius 2 is 1.81 bits per heavy atom. The van der Waals surface area contributed by atoms with Crippen molar-refractivity contribution in [3.63, 3.8) is 0 Å². The van der Waals surface area contributed by atoms with Gasteiger partial charge in [-0.3, -0.25) is 9.51 Å². The van der Waals surface area contributed by atoms with E-state index < -0.39 is 29.2 Å². The maximum Gasteiger partial charge on any atom is 0.439 e. The van der Waals surface area contributed by atoms with Crippen LogP contribution in [0.5, 0.6) is 5.75 Å². The van der Waals surface area contributed by atoms with Gasteiger partial charge < -0.3 is 19.7 Å². The molecule has 0 radical (unpaired) electrons. The number of hydrogen-bond donors (Lipinski definition) is 2. The van der Waals surface area contributed by atoms with E-state index >= 15 is 0 Å². The van der Waals surface area contributed by atoms with Crippen molar-refractivity contribution in [1.82, 2.24) is 20.0 Å². The summed E-state index contributed by atoms with van der Waals surface area (Å²) in [5, 5.41) is 6.69. The minimum atomic E-state index is -4.46. The standard InChI is InChI=1S/C24H26F3N5O5/c1-23(2,3)36-22(34)32-12-9-16(10-13-32)35-17-8-11-28-19(18(17)20-30-21(33)37-31-20)29-15-6-4-14(5-7-15)24(25,26)27/h4-8,11,16H,9-10,12-13H2,1-3H3,(H,28,29)(H,30,31,33). The lowest BCUT2D eigenvalue weighted by atomic mass is 10.1. The van der Waals surface area contributed by atoms with Crippen LogP contribution >= 0.6 is 0 Å². The fourth-order valence-corrected chi connectivity index (χ4v) is 3.74. The predicted molar refractivity (Wildman–Crippen MR) is 127 cm³/mol. The largest absolute Gasteiger partial charge is 0.489 e. The number of amides is 1. The molecule has 1 aliphatic heterocycles. The molecule has 10 nitrogen and oxygen atoms in total. The Balaban J connectivity index is 1.54. The highest BCUT2D eigenvalue weighted by Gasteiger charge is 2.31. The third-order valence-corrected chi connectivity index (χ3v) is 5.45. The first-order valence-corrected chi connectivity index (χ1v) is 11.5. The van der Waals surface area contributed by atoms with Gasteiger partial charge in [0.1, 0.15) is 28.8 Å². The number of benzene rings is 1. The molecule has 3 aromatic rings. The maximum absolute atomic E-state index is 12.9. The summed E-state index contributed by atoms with van der Waals surface area (Å²) < 4.78 is 55.0. The van der Waals surface area contributed by atoms with Crippen LogP contribution in [0.15, 0.2) is 45.8 Å². The quantitative estimate of drug-likeness (QED) is 0.483. The Labute approximate surface area is 209 Å². The van der Waals surface area contributed by atoms with Crippen LogP contribution in [0.4, 0.5) is 29.5 Å². The molecule has 0 unspecified atom stereocenters. The number of hydrogen-bond acceptors (Lipinski definition) is 8. The van der Waals surface area contributed by atoms with Crippen LogP contribution in [-0.2, 0) is 10.9 Å². The number of alkyl halides is 3. The first-order chi connectivity index (χ1) is 17.4. The molecule has 1 amide bonds. The molecule has 2 aromatic heterocycles. The Morgan fingerprint density at radius 3 is 2.38 bits per heavy atom. The zero-order chi connectivity index (χ0) is 26.8. The van der Waals surface area contributed by atoms with Gasteiger partial charge >= 0.3 is 18.0 Å². The lowest BCUT2D eigenvalue weighted by Gasteiger charge is -2.33. The van der Waals surface area contributed by atoms with Crippen LogP contribution < -0.4 is 15.8 Å². The van der Waals surface area contributed by atoms with Gasteiger partial charge in [-0.05, 0) is 51.1 Å². The topological polar surface area (TPSA) is 123 Å². The molecule has 0 aliphatic carbocycles. The molecule has 37 heavy (non-hydrogen) atoms. The number of anilines is 2. The number of piperidine rings is 1. The van der Waals surface area contributed by atoms with Crippen LogP contribution in [0.1, 0.15) is 39.2 Å². The Morgan fingerprint density at radius 1 is 1.14 bits per heavy atom. The van der Waals surface area contributed by atoms with Crippen molar-refractivity contribution < 1.29 is 32.0 Å². The Hall–Kier alpha value is -4.03. The van der Waals surface area contributed by atoms with Gasteiger partial charge in [0, 0.05) is 37.8 Å². The highest BCUT2D eigenvalue weighted by molar-refractivity contribution is 5.79. The van der Waals surface area contributed by atoms with Crippen molar-refractivity contribution in [2.75, 3.05) is 18.4 Å². The van der Waals surface area contributed by atoms with Gasteiger partial charge in [-0.25, -0.2) is 14.6 Å². The van der Waals surface area contributed by atoms with E-state index in [0.717, 1.165) is 12.1 Å². The molecule has 13 heteroatoms. The number of ether oxygens (including phenoxy) is 2. The van der Waals surface area contributed by atoms with Crippen LogP contribution in [0, 0.1) is 0 Å². The zero-order valence-electron chi connectivity index (χ0n) is 20.4. The number of H-pyrrole nitrogens is 1. The van der Waals surface area contributed by atoms with Crippen LogP contribution in [0.2, 0.25) is 0 Å². The number of nitrogens with one attached hydrogen (secondary N) is 2. The summed E-state index contributed by atoms with van der Waals surface area (Å²) in [7, 11) is 0. The second-order valence-electron chi connectivity index (χ2n) is 9.46. The number of carbonyl (C=O) groups excluding carboxylic acids is 1. The second kappa shape index (κ2) is 10.1. The van der Waals surface area contributed by atoms with Gasteiger partial charge in [0.25, 0.3) is 0 Å². The summed E-state index contributed by atoms with van der Waals surface area (Å²) in [4.78, 5) is 32.3. The second-order valence-corrected chi connectivity index (χ2v) is 9.46. The molecule has 0 bridgehead atoms. The van der Waals surface area contributed by atoms with E-state index in [4.69, 9.17) is 9.47 Å². The molecule has 198 valence electrons. The number of carbonyl (C=O) groups is 1. The molecule has 0 spiro atoms. The number of rotatable bonds is 5. The average Bonchev–Trinajstić information content (AvgIpc) is 3.24. The van der Waals surface area contributed by atoms with Crippen LogP contribution in [0.25, 0.3) is 11.4 Å². The number of likely N-dealkylation sites (tertiary alicyclic amines) is 1. The molecule has 2 N–H and O–H groups in total. The molecule has 1 aromatic carbocycles. The highest BCUT2D eigenvalue weighted by atomic mass is 19.4. The Kier molecular flexibility index (Phi) is 7.14. The van der Waals surface area contributed by atoms with E-state index in [0.29, 0.717) is 37.4 Å². The summed E-state index contributed by atoms with van der Waals surface area (Å²) in [5.41, 5.74) is -0.790. The molecule has 0 saturated carbocycles. The van der Waals surface area contributed by atoms with Gasteiger partial charge in [0.15, 0.2) is 5.82 Å². The van der Waals surface area contributed by atoms with Crippen LogP contribution in [-0.4, -0.2) is 50.9 Å². The molecule has 1 fully saturated rings. The van der Waals surface area contributed by atoms with Crippen molar-refractivity contribution in [1.29, 1.82) is 0 Å². The van der Waals surface area contributed by atoms with Crippen molar-refractivity contribution in [3.05, 3.63) is 52.6 Å². The van der Waals surface area contributed by atoms with E-state index in [-0.39, 0.29) is 23.3 Å². The lowest BCUT2D eigenvalue weighted by Crippen LogP contribution is -2.44. The monoisotopic (exact) mass is 521 g/mol. The number of aromatic amines is 1. The fourth-order valence-electron chi connectivity index (χ4n) is 3.74. The first-order valence-electron chi connectivity index (χ1n) is 11.5. The normalized spacial score (nSPS) is 14.9. The SMILES string of the molecule is CC(C)(C)OC(=O)N1CCC(Oc2ccnc(Nc3ccc(C(F)(F)F)cc3)c2-c2noc(=O)[nH]2)CC1. The van der Waals surface area contributed by atoms with Gasteiger partial charge in [-0.1, -0.05) is 5.16 Å². The third-order valence-electron chi connectivity index (χ3n) is 5.45. The number of nitrogens with zero attached hydrogens (tertiary/aromatic N) is 3. The highest BCUT2D eigenvalue weighted by Crippen LogP contribution is 2.37. The van der Waals surface area contributed by atoms with Gasteiger partial charge in [-0.2, -0.15) is 13.2 Å². The molecule has 1 saturated heterocycles. The van der Waals surface area contributed by atoms with Crippen LogP contribution in [0.3, 0.4) is 0 Å². The molecule has 3 heterocycles. The summed E-state index contributed by atoms with van der Waals surface area (Å²) in [6.45, 7) is 6.26. The Bertz CT molecular complexity index is 1290. The minimum Gasteiger partial charge on any atom is -0.489 e. The van der Waals surface area contributed by atoms with E-state index in [1.165, 1.54) is 18.3 Å². The average molecular weight is 521 g/mol. The number of pyridine rings is 1. The molecular weight excluding hydrogens is 495 g/mol. The van der Waals surface area contributed by atoms with Crippen molar-refractivity contribution in [3.8, 4) is 17.1 Å². The summed E-state index contributed by atoms with van der Waals surface area (Å²) in [6.07, 6.45) is -2.61. The number of halogens is 3. The first kappa shape index (κ1) is 26.0. The van der Waals surface area contributed by atoms with Gasteiger partial charge in [0.2, 0.25) is 0 Å². The van der Waals surface area contributed by atoms with Gasteiger partial charge in [0.05, 0.1) is 5.56 Å². The molecular formula is C24H26F3N5O5. The zero-order valence-corrected chi connectivity index (χ0v) is 20.4. The van der Waals surface area contributed by atoms with Crippen molar-refractivity contribution in [2.24, 2.45) is 0 Å². The van der Waals surface area contributed by atoms with E-state index in [1.54, 1.807) is 31.7 Å². The van der Waals surface area contributed by atoms with E-state index in [1.807, 2.05) is 0 Å². The maximum atomic E-state index is 12.9. The minimum absolute atomic E-state index is 0.0358. The van der Waals surface area contributed by atoms with Crippen molar-refractivity contribution >= 4 is 17.6 Å². The smallest absolute Gasteiger partial charge is 0.439 e. The summed E-state index contributed by atoms with van der Waals surface area (Å²) in [6, 6.07) is 6.00. The summed E-state index contributed by atoms with van der Waals surface area (Å²) in [5.74, 6) is -0.248. The van der Waals surface area contributed by atoms with E-state index in [9.17, 15) is 22.8 Å². The molecule has 0 atom stereocenters. The number of aromatic nitrogens is 3. The summed E-state index contributed by atoms with van der Waals surface area (Å²) >= 11 is 0. The van der Waals surface area contributed by atoms with Gasteiger partial charge in [-0.15, -0.1) is 0 Å².